The Balaban J connectivity index is 2.89. The highest BCUT2D eigenvalue weighted by atomic mass is 32.2. The fourth-order valence-corrected chi connectivity index (χ4v) is 1.93. The highest BCUT2D eigenvalue weighted by molar-refractivity contribution is 7.93. The summed E-state index contributed by atoms with van der Waals surface area (Å²) < 4.78 is 61.2. The lowest BCUT2D eigenvalue weighted by atomic mass is 10.3. The molecule has 0 heterocycles. The lowest BCUT2D eigenvalue weighted by Crippen LogP contribution is -2.37. The van der Waals surface area contributed by atoms with Gasteiger partial charge in [0.2, 0.25) is 10.0 Å². The summed E-state index contributed by atoms with van der Waals surface area (Å²) >= 11 is 0. The molecule has 1 N–H and O–H groups in total. The van der Waals surface area contributed by atoms with Crippen molar-refractivity contribution in [3.63, 3.8) is 0 Å². The van der Waals surface area contributed by atoms with E-state index in [1.807, 2.05) is 4.72 Å². The van der Waals surface area contributed by atoms with E-state index >= 15 is 0 Å². The van der Waals surface area contributed by atoms with E-state index in [2.05, 4.69) is 0 Å². The number of anilines is 1. The SMILES string of the molecule is CC(C(F)(F)F)S(=O)(=O)Nc1ccccc1. The summed E-state index contributed by atoms with van der Waals surface area (Å²) in [5, 5.41) is -2.44. The summed E-state index contributed by atoms with van der Waals surface area (Å²) in [5.41, 5.74) is 0.110. The number of halogens is 3. The number of rotatable bonds is 3. The van der Waals surface area contributed by atoms with Crippen molar-refractivity contribution in [1.82, 2.24) is 0 Å². The van der Waals surface area contributed by atoms with Gasteiger partial charge in [-0.1, -0.05) is 18.2 Å². The Labute approximate surface area is 91.3 Å². The second kappa shape index (κ2) is 4.32. The number of sulfonamides is 1. The quantitative estimate of drug-likeness (QED) is 0.899. The van der Waals surface area contributed by atoms with Gasteiger partial charge in [-0.25, -0.2) is 8.42 Å². The molecule has 0 saturated heterocycles. The van der Waals surface area contributed by atoms with Gasteiger partial charge in [-0.3, -0.25) is 4.72 Å². The molecule has 1 aromatic rings. The summed E-state index contributed by atoms with van der Waals surface area (Å²) in [6.07, 6.45) is -4.78. The van der Waals surface area contributed by atoms with Crippen molar-refractivity contribution in [1.29, 1.82) is 0 Å². The second-order valence-electron chi connectivity index (χ2n) is 3.20. The molecular weight excluding hydrogens is 243 g/mol. The van der Waals surface area contributed by atoms with Crippen LogP contribution < -0.4 is 4.72 Å². The molecule has 1 rings (SSSR count). The molecule has 0 bridgehead atoms. The van der Waals surface area contributed by atoms with Gasteiger partial charge in [0.05, 0.1) is 0 Å². The van der Waals surface area contributed by atoms with Gasteiger partial charge in [-0.15, -0.1) is 0 Å². The topological polar surface area (TPSA) is 46.2 Å². The lowest BCUT2D eigenvalue weighted by Gasteiger charge is -2.17. The van der Waals surface area contributed by atoms with E-state index in [-0.39, 0.29) is 5.69 Å². The lowest BCUT2D eigenvalue weighted by molar-refractivity contribution is -0.126. The van der Waals surface area contributed by atoms with Gasteiger partial charge < -0.3 is 0 Å². The zero-order valence-corrected chi connectivity index (χ0v) is 9.14. The zero-order chi connectivity index (χ0) is 12.4. The van der Waals surface area contributed by atoms with Crippen molar-refractivity contribution >= 4 is 15.7 Å². The molecule has 3 nitrogen and oxygen atoms in total. The van der Waals surface area contributed by atoms with Crippen LogP contribution in [0.25, 0.3) is 0 Å². The molecule has 0 aromatic heterocycles. The zero-order valence-electron chi connectivity index (χ0n) is 8.32. The molecule has 1 atom stereocenters. The molecule has 16 heavy (non-hydrogen) atoms. The van der Waals surface area contributed by atoms with Crippen LogP contribution in [-0.2, 0) is 10.0 Å². The molecule has 90 valence electrons. The van der Waals surface area contributed by atoms with E-state index in [9.17, 15) is 21.6 Å². The number of benzene rings is 1. The van der Waals surface area contributed by atoms with Crippen molar-refractivity contribution in [3.8, 4) is 0 Å². The van der Waals surface area contributed by atoms with E-state index in [1.165, 1.54) is 24.3 Å². The van der Waals surface area contributed by atoms with E-state index in [0.29, 0.717) is 6.92 Å². The van der Waals surface area contributed by atoms with Gasteiger partial charge >= 0.3 is 6.18 Å². The van der Waals surface area contributed by atoms with Crippen LogP contribution in [0.4, 0.5) is 18.9 Å². The molecule has 0 radical (unpaired) electrons. The van der Waals surface area contributed by atoms with E-state index in [0.717, 1.165) is 0 Å². The Kier molecular flexibility index (Phi) is 3.47. The van der Waals surface area contributed by atoms with E-state index < -0.39 is 21.4 Å². The Morgan fingerprint density at radius 1 is 1.19 bits per heavy atom. The summed E-state index contributed by atoms with van der Waals surface area (Å²) in [6.45, 7) is 0.602. The summed E-state index contributed by atoms with van der Waals surface area (Å²) in [7, 11) is -4.45. The fourth-order valence-electron chi connectivity index (χ4n) is 0.935. The molecule has 0 aliphatic rings. The highest BCUT2D eigenvalue weighted by Crippen LogP contribution is 2.26. The molecule has 7 heteroatoms. The van der Waals surface area contributed by atoms with Gasteiger partial charge in [-0.05, 0) is 19.1 Å². The standard InChI is InChI=1S/C9H10F3NO2S/c1-7(9(10,11)12)16(14,15)13-8-5-3-2-4-6-8/h2-7,13H,1H3. The van der Waals surface area contributed by atoms with Gasteiger partial charge in [0.1, 0.15) is 0 Å². The smallest absolute Gasteiger partial charge is 0.283 e. The molecule has 0 fully saturated rings. The molecule has 0 amide bonds. The first-order chi connectivity index (χ1) is 7.23. The van der Waals surface area contributed by atoms with Crippen LogP contribution in [0.3, 0.4) is 0 Å². The minimum Gasteiger partial charge on any atom is -0.283 e. The number of nitrogens with one attached hydrogen (secondary N) is 1. The largest absolute Gasteiger partial charge is 0.407 e. The van der Waals surface area contributed by atoms with E-state index in [4.69, 9.17) is 0 Å². The second-order valence-corrected chi connectivity index (χ2v) is 5.20. The monoisotopic (exact) mass is 253 g/mol. The highest BCUT2D eigenvalue weighted by Gasteiger charge is 2.45. The predicted molar refractivity (Wildman–Crippen MR) is 54.5 cm³/mol. The molecule has 0 aliphatic carbocycles. The van der Waals surface area contributed by atoms with Crippen LogP contribution in [0.15, 0.2) is 30.3 Å². The van der Waals surface area contributed by atoms with Crippen molar-refractivity contribution in [2.24, 2.45) is 0 Å². The minimum absolute atomic E-state index is 0.110. The maximum absolute atomic E-state index is 12.2. The van der Waals surface area contributed by atoms with Crippen LogP contribution in [0.5, 0.6) is 0 Å². The number of hydrogen-bond donors (Lipinski definition) is 1. The van der Waals surface area contributed by atoms with Crippen LogP contribution in [0.2, 0.25) is 0 Å². The average molecular weight is 253 g/mol. The summed E-state index contributed by atoms with van der Waals surface area (Å²) in [5.74, 6) is 0. The maximum atomic E-state index is 12.2. The third-order valence-electron chi connectivity index (χ3n) is 1.96. The van der Waals surface area contributed by atoms with Crippen LogP contribution >= 0.6 is 0 Å². The molecule has 1 aromatic carbocycles. The van der Waals surface area contributed by atoms with Crippen molar-refractivity contribution in [2.45, 2.75) is 18.3 Å². The van der Waals surface area contributed by atoms with Crippen LogP contribution in [0.1, 0.15) is 6.92 Å². The Hall–Kier alpha value is -1.24. The Morgan fingerprint density at radius 2 is 1.69 bits per heavy atom. The minimum atomic E-state index is -4.78. The molecule has 1 unspecified atom stereocenters. The third kappa shape index (κ3) is 3.13. The van der Waals surface area contributed by atoms with Gasteiger partial charge in [0, 0.05) is 5.69 Å². The molecule has 0 spiro atoms. The van der Waals surface area contributed by atoms with Gasteiger partial charge in [0.25, 0.3) is 0 Å². The van der Waals surface area contributed by atoms with Crippen LogP contribution in [-0.4, -0.2) is 19.8 Å². The normalized spacial score (nSPS) is 14.5. The molecule has 0 saturated carbocycles. The fraction of sp³-hybridized carbons (Fsp3) is 0.333. The van der Waals surface area contributed by atoms with Crippen molar-refractivity contribution in [3.05, 3.63) is 30.3 Å². The van der Waals surface area contributed by atoms with Crippen LogP contribution in [0, 0.1) is 0 Å². The summed E-state index contributed by atoms with van der Waals surface area (Å²) in [6, 6.07) is 7.43. The van der Waals surface area contributed by atoms with Crippen molar-refractivity contribution < 1.29 is 21.6 Å². The first-order valence-corrected chi connectivity index (χ1v) is 5.91. The first kappa shape index (κ1) is 12.8. The first-order valence-electron chi connectivity index (χ1n) is 4.37. The van der Waals surface area contributed by atoms with Gasteiger partial charge in [-0.2, -0.15) is 13.2 Å². The van der Waals surface area contributed by atoms with Crippen molar-refractivity contribution in [2.75, 3.05) is 4.72 Å². The maximum Gasteiger partial charge on any atom is 0.407 e. The summed E-state index contributed by atoms with van der Waals surface area (Å²) in [4.78, 5) is 0. The molecule has 0 aliphatic heterocycles. The average Bonchev–Trinajstić information content (AvgIpc) is 2.16. The Bertz CT molecular complexity index is 442. The Morgan fingerprint density at radius 3 is 2.12 bits per heavy atom. The number of para-hydroxylation sites is 1. The third-order valence-corrected chi connectivity index (χ3v) is 3.68. The predicted octanol–water partition coefficient (Wildman–Crippen LogP) is 2.38. The van der Waals surface area contributed by atoms with Gasteiger partial charge in [0.15, 0.2) is 5.25 Å². The molecular formula is C9H10F3NO2S. The van der Waals surface area contributed by atoms with E-state index in [1.54, 1.807) is 6.07 Å². The number of alkyl halides is 3. The number of hydrogen-bond acceptors (Lipinski definition) is 2.